The van der Waals surface area contributed by atoms with Crippen molar-refractivity contribution in [3.05, 3.63) is 0 Å². The van der Waals surface area contributed by atoms with Crippen LogP contribution in [0.15, 0.2) is 0 Å². The number of rotatable bonds is 6. The Morgan fingerprint density at radius 3 is 2.93 bits per heavy atom. The van der Waals surface area contributed by atoms with Crippen molar-refractivity contribution < 1.29 is 4.74 Å². The monoisotopic (exact) mass is 212 g/mol. The molecule has 0 aromatic carbocycles. The van der Waals surface area contributed by atoms with Gasteiger partial charge >= 0.3 is 0 Å². The molecule has 2 fully saturated rings. The second kappa shape index (κ2) is 5.28. The first-order valence-corrected chi connectivity index (χ1v) is 6.38. The molecule has 1 saturated heterocycles. The summed E-state index contributed by atoms with van der Waals surface area (Å²) < 4.78 is 5.65. The van der Waals surface area contributed by atoms with Gasteiger partial charge < -0.3 is 15.4 Å². The Kier molecular flexibility index (Phi) is 4.00. The minimum absolute atomic E-state index is 0.433. The molecule has 0 amide bonds. The Hall–Kier alpha value is -0.120. The van der Waals surface area contributed by atoms with E-state index >= 15 is 0 Å². The van der Waals surface area contributed by atoms with Gasteiger partial charge in [-0.3, -0.25) is 0 Å². The molecule has 15 heavy (non-hydrogen) atoms. The Balaban J connectivity index is 1.51. The van der Waals surface area contributed by atoms with Crippen molar-refractivity contribution in [1.29, 1.82) is 0 Å². The fourth-order valence-electron chi connectivity index (χ4n) is 2.25. The summed E-state index contributed by atoms with van der Waals surface area (Å²) in [5, 5.41) is 6.94. The number of nitrogens with one attached hydrogen (secondary N) is 2. The molecule has 0 radical (unpaired) electrons. The normalized spacial score (nSPS) is 29.0. The minimum atomic E-state index is 0.433. The van der Waals surface area contributed by atoms with Gasteiger partial charge in [-0.15, -0.1) is 0 Å². The van der Waals surface area contributed by atoms with Crippen molar-refractivity contribution in [2.75, 3.05) is 32.8 Å². The van der Waals surface area contributed by atoms with E-state index in [1.165, 1.54) is 25.8 Å². The lowest BCUT2D eigenvalue weighted by molar-refractivity contribution is 0.0237. The minimum Gasteiger partial charge on any atom is -0.376 e. The van der Waals surface area contributed by atoms with Gasteiger partial charge in [0.05, 0.1) is 12.7 Å². The van der Waals surface area contributed by atoms with Crippen LogP contribution in [0.5, 0.6) is 0 Å². The molecule has 1 aliphatic carbocycles. The number of morpholine rings is 1. The van der Waals surface area contributed by atoms with Gasteiger partial charge in [-0.1, -0.05) is 6.92 Å². The summed E-state index contributed by atoms with van der Waals surface area (Å²) in [7, 11) is 0. The highest BCUT2D eigenvalue weighted by atomic mass is 16.5. The Morgan fingerprint density at radius 1 is 1.47 bits per heavy atom. The zero-order valence-corrected chi connectivity index (χ0v) is 9.85. The van der Waals surface area contributed by atoms with E-state index in [0.717, 1.165) is 32.7 Å². The first-order chi connectivity index (χ1) is 7.35. The van der Waals surface area contributed by atoms with Crippen LogP contribution in [0.1, 0.15) is 32.6 Å². The van der Waals surface area contributed by atoms with Crippen LogP contribution in [0.3, 0.4) is 0 Å². The molecule has 1 unspecified atom stereocenters. The molecule has 2 rings (SSSR count). The van der Waals surface area contributed by atoms with Gasteiger partial charge in [-0.2, -0.15) is 0 Å². The maximum Gasteiger partial charge on any atom is 0.0712 e. The van der Waals surface area contributed by atoms with Crippen molar-refractivity contribution in [2.24, 2.45) is 5.41 Å². The van der Waals surface area contributed by atoms with Crippen molar-refractivity contribution >= 4 is 0 Å². The highest BCUT2D eigenvalue weighted by Crippen LogP contribution is 2.47. The van der Waals surface area contributed by atoms with Crippen LogP contribution >= 0.6 is 0 Å². The summed E-state index contributed by atoms with van der Waals surface area (Å²) in [5.74, 6) is 0. The second-order valence-corrected chi connectivity index (χ2v) is 5.02. The third kappa shape index (κ3) is 3.44. The standard InChI is InChI=1S/C12H24N2O/c1-2-12(4-5-12)10-14-6-3-11-9-13-7-8-15-11/h11,13-14H,2-10H2,1H3. The lowest BCUT2D eigenvalue weighted by Gasteiger charge is -2.24. The van der Waals surface area contributed by atoms with E-state index in [1.807, 2.05) is 0 Å². The molecule has 1 atom stereocenters. The second-order valence-electron chi connectivity index (χ2n) is 5.02. The summed E-state index contributed by atoms with van der Waals surface area (Å²) in [5.41, 5.74) is 0.672. The van der Waals surface area contributed by atoms with Gasteiger partial charge in [0.25, 0.3) is 0 Å². The van der Waals surface area contributed by atoms with Crippen LogP contribution < -0.4 is 10.6 Å². The van der Waals surface area contributed by atoms with E-state index in [0.29, 0.717) is 11.5 Å². The topological polar surface area (TPSA) is 33.3 Å². The van der Waals surface area contributed by atoms with E-state index in [9.17, 15) is 0 Å². The summed E-state index contributed by atoms with van der Waals surface area (Å²) in [4.78, 5) is 0. The van der Waals surface area contributed by atoms with E-state index in [4.69, 9.17) is 4.74 Å². The average molecular weight is 212 g/mol. The molecule has 3 heteroatoms. The third-order valence-corrected chi connectivity index (χ3v) is 3.85. The first-order valence-electron chi connectivity index (χ1n) is 6.38. The predicted molar refractivity (Wildman–Crippen MR) is 62.1 cm³/mol. The fourth-order valence-corrected chi connectivity index (χ4v) is 2.25. The molecule has 1 saturated carbocycles. The number of hydrogen-bond acceptors (Lipinski definition) is 3. The van der Waals surface area contributed by atoms with Crippen LogP contribution in [0, 0.1) is 5.41 Å². The molecule has 88 valence electrons. The molecular weight excluding hydrogens is 188 g/mol. The lowest BCUT2D eigenvalue weighted by Crippen LogP contribution is -2.40. The van der Waals surface area contributed by atoms with Gasteiger partial charge in [-0.05, 0) is 37.6 Å². The van der Waals surface area contributed by atoms with Crippen LogP contribution in [-0.4, -0.2) is 38.9 Å². The third-order valence-electron chi connectivity index (χ3n) is 3.85. The quantitative estimate of drug-likeness (QED) is 0.648. The summed E-state index contributed by atoms with van der Waals surface area (Å²) in [6, 6.07) is 0. The van der Waals surface area contributed by atoms with E-state index < -0.39 is 0 Å². The van der Waals surface area contributed by atoms with Gasteiger partial charge in [0.1, 0.15) is 0 Å². The molecule has 1 heterocycles. The number of hydrogen-bond donors (Lipinski definition) is 2. The van der Waals surface area contributed by atoms with Gasteiger partial charge in [0.15, 0.2) is 0 Å². The summed E-state index contributed by atoms with van der Waals surface area (Å²) in [6.45, 7) is 7.55. The largest absolute Gasteiger partial charge is 0.376 e. The summed E-state index contributed by atoms with van der Waals surface area (Å²) >= 11 is 0. The van der Waals surface area contributed by atoms with Crippen molar-refractivity contribution in [1.82, 2.24) is 10.6 Å². The lowest BCUT2D eigenvalue weighted by atomic mass is 10.0. The fraction of sp³-hybridized carbons (Fsp3) is 1.00. The van der Waals surface area contributed by atoms with Crippen LogP contribution in [0.2, 0.25) is 0 Å². The Labute approximate surface area is 93.0 Å². The van der Waals surface area contributed by atoms with Crippen LogP contribution in [-0.2, 0) is 4.74 Å². The molecule has 2 N–H and O–H groups in total. The Bertz CT molecular complexity index is 186. The molecule has 1 aliphatic heterocycles. The van der Waals surface area contributed by atoms with E-state index in [2.05, 4.69) is 17.6 Å². The maximum atomic E-state index is 5.65. The highest BCUT2D eigenvalue weighted by Gasteiger charge is 2.39. The van der Waals surface area contributed by atoms with Crippen molar-refractivity contribution in [3.8, 4) is 0 Å². The first kappa shape index (κ1) is 11.4. The molecule has 0 bridgehead atoms. The molecule has 0 aromatic heterocycles. The maximum absolute atomic E-state index is 5.65. The van der Waals surface area contributed by atoms with E-state index in [-0.39, 0.29) is 0 Å². The molecule has 2 aliphatic rings. The molecular formula is C12H24N2O. The predicted octanol–water partition coefficient (Wildman–Crippen LogP) is 1.14. The SMILES string of the molecule is CCC1(CNCCC2CNCCO2)CC1. The smallest absolute Gasteiger partial charge is 0.0712 e. The number of ether oxygens (including phenoxy) is 1. The highest BCUT2D eigenvalue weighted by molar-refractivity contribution is 4.93. The molecule has 0 spiro atoms. The zero-order valence-electron chi connectivity index (χ0n) is 9.85. The van der Waals surface area contributed by atoms with E-state index in [1.54, 1.807) is 0 Å². The van der Waals surface area contributed by atoms with Crippen molar-refractivity contribution in [3.63, 3.8) is 0 Å². The van der Waals surface area contributed by atoms with Gasteiger partial charge in [0, 0.05) is 19.6 Å². The average Bonchev–Trinajstić information content (AvgIpc) is 3.07. The van der Waals surface area contributed by atoms with Gasteiger partial charge in [-0.25, -0.2) is 0 Å². The zero-order chi connectivity index (χ0) is 10.6. The van der Waals surface area contributed by atoms with Crippen LogP contribution in [0.4, 0.5) is 0 Å². The molecule has 3 nitrogen and oxygen atoms in total. The van der Waals surface area contributed by atoms with Gasteiger partial charge in [0.2, 0.25) is 0 Å². The Morgan fingerprint density at radius 2 is 2.33 bits per heavy atom. The van der Waals surface area contributed by atoms with Crippen molar-refractivity contribution in [2.45, 2.75) is 38.7 Å². The van der Waals surface area contributed by atoms with Crippen LogP contribution in [0.25, 0.3) is 0 Å². The summed E-state index contributed by atoms with van der Waals surface area (Å²) in [6.07, 6.45) is 5.77. The molecule has 0 aromatic rings.